The highest BCUT2D eigenvalue weighted by molar-refractivity contribution is 7.10. The molecular formula is C23H28N2OS. The largest absolute Gasteiger partial charge is 0.350 e. The molecule has 0 unspecified atom stereocenters. The van der Waals surface area contributed by atoms with E-state index in [0.717, 1.165) is 17.8 Å². The lowest BCUT2D eigenvalue weighted by atomic mass is 9.53. The molecule has 2 aromatic rings. The summed E-state index contributed by atoms with van der Waals surface area (Å²) in [6, 6.07) is 14.7. The third kappa shape index (κ3) is 3.57. The first-order valence-corrected chi connectivity index (χ1v) is 11.2. The monoisotopic (exact) mass is 380 g/mol. The maximum Gasteiger partial charge on any atom is 0.234 e. The minimum absolute atomic E-state index is 0.0771. The van der Waals surface area contributed by atoms with Crippen LogP contribution in [0.3, 0.4) is 0 Å². The second-order valence-electron chi connectivity index (χ2n) is 8.99. The van der Waals surface area contributed by atoms with E-state index in [0.29, 0.717) is 6.54 Å². The second-order valence-corrected chi connectivity index (χ2v) is 9.97. The maximum absolute atomic E-state index is 12.9. The SMILES string of the molecule is O=C(CN[C@H](c1ccccc1)c1cccs1)NC12CC3CC(CC(C3)C1)C2. The van der Waals surface area contributed by atoms with Crippen molar-refractivity contribution in [2.45, 2.75) is 50.1 Å². The molecule has 6 rings (SSSR count). The summed E-state index contributed by atoms with van der Waals surface area (Å²) < 4.78 is 0. The summed E-state index contributed by atoms with van der Waals surface area (Å²) in [5, 5.41) is 9.10. The zero-order chi connectivity index (χ0) is 18.3. The molecule has 2 N–H and O–H groups in total. The molecule has 0 spiro atoms. The molecule has 4 fully saturated rings. The van der Waals surface area contributed by atoms with Gasteiger partial charge in [-0.15, -0.1) is 11.3 Å². The minimum atomic E-state index is 0.0771. The summed E-state index contributed by atoms with van der Waals surface area (Å²) in [7, 11) is 0. The molecule has 1 aromatic carbocycles. The Labute approximate surface area is 165 Å². The molecule has 4 saturated carbocycles. The van der Waals surface area contributed by atoms with Gasteiger partial charge in [0.25, 0.3) is 0 Å². The maximum atomic E-state index is 12.9. The lowest BCUT2D eigenvalue weighted by Gasteiger charge is -2.56. The predicted molar refractivity (Wildman–Crippen MR) is 110 cm³/mol. The summed E-state index contributed by atoms with van der Waals surface area (Å²) in [4.78, 5) is 14.1. The number of nitrogens with one attached hydrogen (secondary N) is 2. The molecule has 1 heterocycles. The van der Waals surface area contributed by atoms with Crippen molar-refractivity contribution in [3.63, 3.8) is 0 Å². The van der Waals surface area contributed by atoms with E-state index in [4.69, 9.17) is 0 Å². The Balaban J connectivity index is 1.25. The van der Waals surface area contributed by atoms with Crippen LogP contribution < -0.4 is 10.6 Å². The molecular weight excluding hydrogens is 352 g/mol. The second kappa shape index (κ2) is 7.06. The van der Waals surface area contributed by atoms with Gasteiger partial charge in [-0.05, 0) is 73.3 Å². The van der Waals surface area contributed by atoms with Gasteiger partial charge in [-0.3, -0.25) is 10.1 Å². The molecule has 27 heavy (non-hydrogen) atoms. The Kier molecular flexibility index (Phi) is 4.57. The van der Waals surface area contributed by atoms with Crippen molar-refractivity contribution in [2.75, 3.05) is 6.54 Å². The summed E-state index contributed by atoms with van der Waals surface area (Å²) >= 11 is 1.74. The van der Waals surface area contributed by atoms with Gasteiger partial charge in [-0.25, -0.2) is 0 Å². The highest BCUT2D eigenvalue weighted by Gasteiger charge is 2.51. The van der Waals surface area contributed by atoms with Crippen LogP contribution in [0.25, 0.3) is 0 Å². The molecule has 1 amide bonds. The predicted octanol–water partition coefficient (Wildman–Crippen LogP) is 4.51. The zero-order valence-corrected chi connectivity index (χ0v) is 16.5. The van der Waals surface area contributed by atoms with Gasteiger partial charge in [-0.1, -0.05) is 36.4 Å². The number of hydrogen-bond donors (Lipinski definition) is 2. The average Bonchev–Trinajstić information content (AvgIpc) is 3.15. The van der Waals surface area contributed by atoms with Crippen LogP contribution in [-0.4, -0.2) is 18.0 Å². The Morgan fingerprint density at radius 2 is 1.67 bits per heavy atom. The Bertz CT molecular complexity index is 751. The number of hydrogen-bond acceptors (Lipinski definition) is 3. The van der Waals surface area contributed by atoms with Crippen LogP contribution in [0.15, 0.2) is 47.8 Å². The normalized spacial score (nSPS) is 32.4. The summed E-state index contributed by atoms with van der Waals surface area (Å²) in [5.74, 6) is 2.72. The fourth-order valence-corrected chi connectivity index (χ4v) is 7.11. The smallest absolute Gasteiger partial charge is 0.234 e. The first-order valence-electron chi connectivity index (χ1n) is 10.3. The van der Waals surface area contributed by atoms with E-state index in [1.165, 1.54) is 49.0 Å². The van der Waals surface area contributed by atoms with Crippen LogP contribution >= 0.6 is 11.3 Å². The number of thiophene rings is 1. The lowest BCUT2D eigenvalue weighted by molar-refractivity contribution is -0.126. The van der Waals surface area contributed by atoms with Crippen LogP contribution in [0.2, 0.25) is 0 Å². The molecule has 1 aromatic heterocycles. The van der Waals surface area contributed by atoms with E-state index in [1.54, 1.807) is 11.3 Å². The van der Waals surface area contributed by atoms with Crippen LogP contribution in [-0.2, 0) is 4.79 Å². The first kappa shape index (κ1) is 17.4. The fourth-order valence-electron chi connectivity index (χ4n) is 6.28. The third-order valence-corrected chi connectivity index (χ3v) is 7.81. The van der Waals surface area contributed by atoms with Gasteiger partial charge < -0.3 is 5.32 Å². The van der Waals surface area contributed by atoms with Gasteiger partial charge in [-0.2, -0.15) is 0 Å². The van der Waals surface area contributed by atoms with E-state index in [1.807, 2.05) is 6.07 Å². The van der Waals surface area contributed by atoms with Crippen LogP contribution in [0.4, 0.5) is 0 Å². The van der Waals surface area contributed by atoms with E-state index >= 15 is 0 Å². The summed E-state index contributed by atoms with van der Waals surface area (Å²) in [6.45, 7) is 0.374. The van der Waals surface area contributed by atoms with Crippen LogP contribution in [0, 0.1) is 17.8 Å². The molecule has 4 aliphatic rings. The van der Waals surface area contributed by atoms with Crippen molar-refractivity contribution in [3.05, 3.63) is 58.3 Å². The van der Waals surface area contributed by atoms with Gasteiger partial charge in [0.05, 0.1) is 12.6 Å². The number of carbonyl (C=O) groups excluding carboxylic acids is 1. The molecule has 4 bridgehead atoms. The lowest BCUT2D eigenvalue weighted by Crippen LogP contribution is -2.60. The van der Waals surface area contributed by atoms with Gasteiger partial charge >= 0.3 is 0 Å². The topological polar surface area (TPSA) is 41.1 Å². The van der Waals surface area contributed by atoms with E-state index < -0.39 is 0 Å². The molecule has 4 heteroatoms. The first-order chi connectivity index (χ1) is 13.2. The number of rotatable bonds is 6. The zero-order valence-electron chi connectivity index (χ0n) is 15.7. The summed E-state index contributed by atoms with van der Waals surface area (Å²) in [6.07, 6.45) is 7.83. The Hall–Kier alpha value is -1.65. The number of amides is 1. The summed E-state index contributed by atoms with van der Waals surface area (Å²) in [5.41, 5.74) is 1.31. The van der Waals surface area contributed by atoms with E-state index in [-0.39, 0.29) is 17.5 Å². The molecule has 0 radical (unpaired) electrons. The van der Waals surface area contributed by atoms with Crippen molar-refractivity contribution in [1.82, 2.24) is 10.6 Å². The van der Waals surface area contributed by atoms with Crippen LogP contribution in [0.1, 0.15) is 55.0 Å². The highest BCUT2D eigenvalue weighted by atomic mass is 32.1. The van der Waals surface area contributed by atoms with Crippen LogP contribution in [0.5, 0.6) is 0 Å². The molecule has 0 saturated heterocycles. The third-order valence-electron chi connectivity index (χ3n) is 6.87. The van der Waals surface area contributed by atoms with Gasteiger partial charge in [0.1, 0.15) is 0 Å². The molecule has 142 valence electrons. The fraction of sp³-hybridized carbons (Fsp3) is 0.522. The van der Waals surface area contributed by atoms with E-state index in [2.05, 4.69) is 52.4 Å². The number of benzene rings is 1. The van der Waals surface area contributed by atoms with Crippen molar-refractivity contribution in [1.29, 1.82) is 0 Å². The quantitative estimate of drug-likeness (QED) is 0.774. The molecule has 0 aliphatic heterocycles. The average molecular weight is 381 g/mol. The molecule has 4 aliphatic carbocycles. The van der Waals surface area contributed by atoms with Crippen molar-refractivity contribution in [2.24, 2.45) is 17.8 Å². The Morgan fingerprint density at radius 3 is 2.26 bits per heavy atom. The minimum Gasteiger partial charge on any atom is -0.350 e. The van der Waals surface area contributed by atoms with Gasteiger partial charge in [0.2, 0.25) is 5.91 Å². The molecule has 1 atom stereocenters. The van der Waals surface area contributed by atoms with Gasteiger partial charge in [0.15, 0.2) is 0 Å². The van der Waals surface area contributed by atoms with Crippen molar-refractivity contribution in [3.8, 4) is 0 Å². The van der Waals surface area contributed by atoms with Crippen molar-refractivity contribution < 1.29 is 4.79 Å². The molecule has 3 nitrogen and oxygen atoms in total. The highest BCUT2D eigenvalue weighted by Crippen LogP contribution is 2.55. The van der Waals surface area contributed by atoms with Crippen molar-refractivity contribution >= 4 is 17.2 Å². The van der Waals surface area contributed by atoms with Gasteiger partial charge in [0, 0.05) is 10.4 Å². The standard InChI is InChI=1S/C23H28N2OS/c26-21(25-23-12-16-9-17(13-23)11-18(10-16)14-23)15-24-22(20-7-4-8-27-20)19-5-2-1-3-6-19/h1-8,16-18,22,24H,9-15H2,(H,25,26)/t16?,17?,18?,22-,23?/m1/s1. The Morgan fingerprint density at radius 1 is 1.00 bits per heavy atom. The number of carbonyl (C=O) groups is 1. The van der Waals surface area contributed by atoms with E-state index in [9.17, 15) is 4.79 Å².